The summed E-state index contributed by atoms with van der Waals surface area (Å²) in [6, 6.07) is 0. The maximum atomic E-state index is 11.4. The molecule has 1 aliphatic heterocycles. The molecule has 0 spiro atoms. The van der Waals surface area contributed by atoms with Crippen LogP contribution in [0.25, 0.3) is 0 Å². The lowest BCUT2D eigenvalue weighted by Gasteiger charge is -2.35. The molecule has 0 saturated carbocycles. The highest BCUT2D eigenvalue weighted by atomic mass is 16.4. The van der Waals surface area contributed by atoms with Gasteiger partial charge in [-0.05, 0) is 44.2 Å². The summed E-state index contributed by atoms with van der Waals surface area (Å²) in [5.41, 5.74) is -0.300. The van der Waals surface area contributed by atoms with Crippen molar-refractivity contribution in [3.8, 4) is 0 Å². The maximum Gasteiger partial charge on any atom is 0.324 e. The van der Waals surface area contributed by atoms with Crippen LogP contribution in [0.5, 0.6) is 0 Å². The van der Waals surface area contributed by atoms with Crippen molar-refractivity contribution in [2.45, 2.75) is 58.9 Å². The number of carbonyl (C=O) groups is 1. The van der Waals surface area contributed by atoms with Crippen molar-refractivity contribution >= 4 is 5.97 Å². The fourth-order valence-electron chi connectivity index (χ4n) is 2.52. The molecule has 1 aliphatic rings. The van der Waals surface area contributed by atoms with Crippen LogP contribution in [0.15, 0.2) is 0 Å². The van der Waals surface area contributed by atoms with Crippen molar-refractivity contribution in [3.63, 3.8) is 0 Å². The topological polar surface area (TPSA) is 40.5 Å². The van der Waals surface area contributed by atoms with Crippen LogP contribution in [0.1, 0.15) is 53.4 Å². The zero-order chi connectivity index (χ0) is 12.4. The second kappa shape index (κ2) is 4.74. The maximum absolute atomic E-state index is 11.4. The molecule has 1 fully saturated rings. The number of hydrogen-bond donors (Lipinski definition) is 1. The summed E-state index contributed by atoms with van der Waals surface area (Å²) < 4.78 is 0. The SMILES string of the molecule is CCC1(C(=O)O)CCCN1CCC(C)(C)C. The molecule has 0 aliphatic carbocycles. The van der Waals surface area contributed by atoms with Crippen molar-refractivity contribution in [2.75, 3.05) is 13.1 Å². The Labute approximate surface area is 98.8 Å². The Morgan fingerprint density at radius 2 is 2.06 bits per heavy atom. The number of carboxylic acids is 1. The molecule has 1 heterocycles. The lowest BCUT2D eigenvalue weighted by Crippen LogP contribution is -2.50. The van der Waals surface area contributed by atoms with Gasteiger partial charge in [-0.1, -0.05) is 27.7 Å². The fourth-order valence-corrected chi connectivity index (χ4v) is 2.52. The third-order valence-corrected chi connectivity index (χ3v) is 3.74. The molecule has 1 N–H and O–H groups in total. The van der Waals surface area contributed by atoms with Gasteiger partial charge in [0.15, 0.2) is 0 Å². The third kappa shape index (κ3) is 2.76. The average molecular weight is 227 g/mol. The Hall–Kier alpha value is -0.570. The highest BCUT2D eigenvalue weighted by molar-refractivity contribution is 5.79. The molecule has 1 rings (SSSR count). The van der Waals surface area contributed by atoms with E-state index >= 15 is 0 Å². The number of likely N-dealkylation sites (tertiary alicyclic amines) is 1. The smallest absolute Gasteiger partial charge is 0.324 e. The molecule has 94 valence electrons. The summed E-state index contributed by atoms with van der Waals surface area (Å²) in [6.07, 6.45) is 3.60. The van der Waals surface area contributed by atoms with Gasteiger partial charge in [0.05, 0.1) is 0 Å². The molecule has 3 nitrogen and oxygen atoms in total. The molecule has 1 atom stereocenters. The van der Waals surface area contributed by atoms with Crippen LogP contribution >= 0.6 is 0 Å². The predicted octanol–water partition coefficient (Wildman–Crippen LogP) is 2.75. The molecule has 0 bridgehead atoms. The van der Waals surface area contributed by atoms with E-state index in [1.807, 2.05) is 6.92 Å². The van der Waals surface area contributed by atoms with Gasteiger partial charge >= 0.3 is 5.97 Å². The van der Waals surface area contributed by atoms with Gasteiger partial charge in [0.1, 0.15) is 5.54 Å². The van der Waals surface area contributed by atoms with Crippen molar-refractivity contribution in [3.05, 3.63) is 0 Å². The second-order valence-electron chi connectivity index (χ2n) is 6.09. The quantitative estimate of drug-likeness (QED) is 0.803. The van der Waals surface area contributed by atoms with Gasteiger partial charge in [0.25, 0.3) is 0 Å². The van der Waals surface area contributed by atoms with Gasteiger partial charge in [-0.15, -0.1) is 0 Å². The number of carboxylic acid groups (broad SMARTS) is 1. The molecule has 0 aromatic rings. The Kier molecular flexibility index (Phi) is 4.00. The van der Waals surface area contributed by atoms with Crippen molar-refractivity contribution in [1.82, 2.24) is 4.90 Å². The first-order valence-electron chi connectivity index (χ1n) is 6.30. The highest BCUT2D eigenvalue weighted by Gasteiger charge is 2.45. The molecule has 0 aromatic carbocycles. The van der Waals surface area contributed by atoms with Crippen LogP contribution in [0.3, 0.4) is 0 Å². The van der Waals surface area contributed by atoms with E-state index in [4.69, 9.17) is 0 Å². The van der Waals surface area contributed by atoms with E-state index in [9.17, 15) is 9.90 Å². The van der Waals surface area contributed by atoms with Crippen LogP contribution in [-0.2, 0) is 4.79 Å². The van der Waals surface area contributed by atoms with E-state index in [1.165, 1.54) is 0 Å². The first kappa shape index (κ1) is 13.5. The fraction of sp³-hybridized carbons (Fsp3) is 0.923. The first-order valence-corrected chi connectivity index (χ1v) is 6.30. The summed E-state index contributed by atoms with van der Waals surface area (Å²) in [7, 11) is 0. The highest BCUT2D eigenvalue weighted by Crippen LogP contribution is 2.34. The minimum Gasteiger partial charge on any atom is -0.480 e. The van der Waals surface area contributed by atoms with Crippen LogP contribution in [0, 0.1) is 5.41 Å². The van der Waals surface area contributed by atoms with Crippen LogP contribution in [-0.4, -0.2) is 34.6 Å². The van der Waals surface area contributed by atoms with E-state index in [2.05, 4.69) is 25.7 Å². The summed E-state index contributed by atoms with van der Waals surface area (Å²) in [5.74, 6) is -0.638. The van der Waals surface area contributed by atoms with Gasteiger partial charge in [-0.3, -0.25) is 9.69 Å². The Morgan fingerprint density at radius 1 is 1.44 bits per heavy atom. The molecule has 1 saturated heterocycles. The normalized spacial score (nSPS) is 27.2. The van der Waals surface area contributed by atoms with Gasteiger partial charge in [0, 0.05) is 0 Å². The predicted molar refractivity (Wildman–Crippen MR) is 65.5 cm³/mol. The Bertz CT molecular complexity index is 257. The average Bonchev–Trinajstić information content (AvgIpc) is 2.57. The largest absolute Gasteiger partial charge is 0.480 e. The summed E-state index contributed by atoms with van der Waals surface area (Å²) in [6.45, 7) is 10.5. The first-order chi connectivity index (χ1) is 7.32. The van der Waals surface area contributed by atoms with Crippen molar-refractivity contribution < 1.29 is 9.90 Å². The minimum atomic E-state index is -0.638. The lowest BCUT2D eigenvalue weighted by atomic mass is 9.89. The Morgan fingerprint density at radius 3 is 2.50 bits per heavy atom. The zero-order valence-corrected chi connectivity index (χ0v) is 11.0. The van der Waals surface area contributed by atoms with Gasteiger partial charge in [-0.2, -0.15) is 0 Å². The van der Waals surface area contributed by atoms with E-state index in [1.54, 1.807) is 0 Å². The van der Waals surface area contributed by atoms with Crippen molar-refractivity contribution in [2.24, 2.45) is 5.41 Å². The molecular formula is C13H25NO2. The molecule has 1 unspecified atom stereocenters. The van der Waals surface area contributed by atoms with Gasteiger partial charge in [-0.25, -0.2) is 0 Å². The van der Waals surface area contributed by atoms with Crippen LogP contribution in [0.4, 0.5) is 0 Å². The number of aliphatic carboxylic acids is 1. The molecule has 0 aromatic heterocycles. The number of rotatable bonds is 4. The number of nitrogens with zero attached hydrogens (tertiary/aromatic N) is 1. The third-order valence-electron chi connectivity index (χ3n) is 3.74. The van der Waals surface area contributed by atoms with E-state index < -0.39 is 11.5 Å². The molecule has 0 radical (unpaired) electrons. The second-order valence-corrected chi connectivity index (χ2v) is 6.09. The molecule has 0 amide bonds. The lowest BCUT2D eigenvalue weighted by molar-refractivity contribution is -0.150. The summed E-state index contributed by atoms with van der Waals surface area (Å²) in [5, 5.41) is 9.42. The van der Waals surface area contributed by atoms with Gasteiger partial charge < -0.3 is 5.11 Å². The summed E-state index contributed by atoms with van der Waals surface area (Å²) >= 11 is 0. The van der Waals surface area contributed by atoms with Crippen LogP contribution < -0.4 is 0 Å². The molecule has 3 heteroatoms. The monoisotopic (exact) mass is 227 g/mol. The van der Waals surface area contributed by atoms with E-state index in [0.29, 0.717) is 6.42 Å². The number of hydrogen-bond acceptors (Lipinski definition) is 2. The zero-order valence-electron chi connectivity index (χ0n) is 11.0. The summed E-state index contributed by atoms with van der Waals surface area (Å²) in [4.78, 5) is 13.6. The van der Waals surface area contributed by atoms with Gasteiger partial charge in [0.2, 0.25) is 0 Å². The standard InChI is InChI=1S/C13H25NO2/c1-5-13(11(15)16)7-6-9-14(13)10-8-12(2,3)4/h5-10H2,1-4H3,(H,15,16). The Balaban J connectivity index is 2.68. The van der Waals surface area contributed by atoms with Crippen molar-refractivity contribution in [1.29, 1.82) is 0 Å². The molecular weight excluding hydrogens is 202 g/mol. The van der Waals surface area contributed by atoms with E-state index in [-0.39, 0.29) is 5.41 Å². The van der Waals surface area contributed by atoms with Crippen LogP contribution in [0.2, 0.25) is 0 Å². The van der Waals surface area contributed by atoms with E-state index in [0.717, 1.165) is 32.4 Å². The minimum absolute atomic E-state index is 0.278. The molecule has 16 heavy (non-hydrogen) atoms.